The monoisotopic (exact) mass is 394 g/mol. The number of piperidine rings is 1. The number of carbonyl (C=O) groups excluding carboxylic acids is 1. The van der Waals surface area contributed by atoms with Gasteiger partial charge in [0.05, 0.1) is 0 Å². The maximum atomic E-state index is 13.4. The molecule has 1 aliphatic rings. The third-order valence-corrected chi connectivity index (χ3v) is 5.29. The van der Waals surface area contributed by atoms with Crippen LogP contribution in [-0.4, -0.2) is 49.9 Å². The number of amides is 1. The number of hydrogen-bond acceptors (Lipinski definition) is 5. The minimum atomic E-state index is -0.939. The van der Waals surface area contributed by atoms with Crippen LogP contribution >= 0.6 is 0 Å². The summed E-state index contributed by atoms with van der Waals surface area (Å²) in [6, 6.07) is 11.3. The number of carboxylic acids is 1. The summed E-state index contributed by atoms with van der Waals surface area (Å²) >= 11 is 0. The van der Waals surface area contributed by atoms with E-state index in [1.54, 1.807) is 18.0 Å². The molecule has 1 N–H and O–H groups in total. The molecule has 1 unspecified atom stereocenters. The number of aryl methyl sites for hydroxylation is 1. The van der Waals surface area contributed by atoms with Crippen LogP contribution in [0.15, 0.2) is 47.1 Å². The normalized spacial score (nSPS) is 16.7. The van der Waals surface area contributed by atoms with Crippen molar-refractivity contribution in [2.45, 2.75) is 32.2 Å². The van der Waals surface area contributed by atoms with Crippen LogP contribution in [0.3, 0.4) is 0 Å². The molecule has 1 fully saturated rings. The van der Waals surface area contributed by atoms with Crippen LogP contribution in [0.1, 0.15) is 40.6 Å². The molecule has 1 amide bonds. The smallest absolute Gasteiger partial charge is 0.325 e. The average molecular weight is 394 g/mol. The molecule has 8 nitrogen and oxygen atoms in total. The zero-order chi connectivity index (χ0) is 20.4. The lowest BCUT2D eigenvalue weighted by Crippen LogP contribution is -2.40. The molecule has 29 heavy (non-hydrogen) atoms. The molecule has 1 aromatic carbocycles. The number of hydrogen-bond donors (Lipinski definition) is 1. The van der Waals surface area contributed by atoms with Crippen molar-refractivity contribution in [2.75, 3.05) is 13.1 Å². The maximum Gasteiger partial charge on any atom is 0.325 e. The number of benzene rings is 1. The lowest BCUT2D eigenvalue weighted by molar-refractivity contribution is -0.137. The first-order valence-corrected chi connectivity index (χ1v) is 9.59. The van der Waals surface area contributed by atoms with Gasteiger partial charge in [0.1, 0.15) is 23.6 Å². The van der Waals surface area contributed by atoms with E-state index in [1.165, 1.54) is 4.68 Å². The molecule has 8 heteroatoms. The number of nitrogens with zero attached hydrogens (tertiary/aromatic N) is 4. The van der Waals surface area contributed by atoms with Gasteiger partial charge in [0.2, 0.25) is 0 Å². The summed E-state index contributed by atoms with van der Waals surface area (Å²) in [6.07, 6.45) is 3.32. The fourth-order valence-electron chi connectivity index (χ4n) is 3.93. The minimum Gasteiger partial charge on any atom is -0.480 e. The second-order valence-corrected chi connectivity index (χ2v) is 7.23. The van der Waals surface area contributed by atoms with E-state index in [0.29, 0.717) is 30.1 Å². The van der Waals surface area contributed by atoms with Gasteiger partial charge < -0.3 is 14.5 Å². The first kappa shape index (κ1) is 18.9. The van der Waals surface area contributed by atoms with Crippen molar-refractivity contribution < 1.29 is 19.2 Å². The summed E-state index contributed by atoms with van der Waals surface area (Å²) in [5.74, 6) is -0.523. The van der Waals surface area contributed by atoms with E-state index in [-0.39, 0.29) is 18.4 Å². The van der Waals surface area contributed by atoms with Crippen molar-refractivity contribution in [1.82, 2.24) is 19.8 Å². The fourth-order valence-corrected chi connectivity index (χ4v) is 3.93. The van der Waals surface area contributed by atoms with E-state index in [2.05, 4.69) is 10.3 Å². The Hall–Kier alpha value is -3.42. The van der Waals surface area contributed by atoms with Gasteiger partial charge in [-0.05, 0) is 25.8 Å². The number of likely N-dealkylation sites (tertiary alicyclic amines) is 1. The van der Waals surface area contributed by atoms with Gasteiger partial charge in [-0.1, -0.05) is 35.5 Å². The quantitative estimate of drug-likeness (QED) is 0.714. The number of carboxylic acid groups (broad SMARTS) is 1. The molecule has 150 valence electrons. The molecule has 3 aromatic rings. The Morgan fingerprint density at radius 3 is 2.79 bits per heavy atom. The SMILES string of the molecule is Cc1onc(-c2ccccc2)c1C(=O)N1CCCC(c2ccnn2CC(=O)O)C1. The van der Waals surface area contributed by atoms with E-state index in [4.69, 9.17) is 9.63 Å². The highest BCUT2D eigenvalue weighted by Crippen LogP contribution is 2.31. The van der Waals surface area contributed by atoms with Crippen molar-refractivity contribution in [2.24, 2.45) is 0 Å². The van der Waals surface area contributed by atoms with E-state index in [1.807, 2.05) is 36.4 Å². The molecule has 1 atom stereocenters. The lowest BCUT2D eigenvalue weighted by Gasteiger charge is -2.33. The average Bonchev–Trinajstić information content (AvgIpc) is 3.34. The van der Waals surface area contributed by atoms with E-state index in [9.17, 15) is 9.59 Å². The Morgan fingerprint density at radius 1 is 1.24 bits per heavy atom. The van der Waals surface area contributed by atoms with Gasteiger partial charge in [-0.25, -0.2) is 0 Å². The highest BCUT2D eigenvalue weighted by Gasteiger charge is 2.31. The van der Waals surface area contributed by atoms with Crippen molar-refractivity contribution in [3.8, 4) is 11.3 Å². The Kier molecular flexibility index (Phi) is 5.16. The van der Waals surface area contributed by atoms with Crippen molar-refractivity contribution in [1.29, 1.82) is 0 Å². The molecule has 0 spiro atoms. The van der Waals surface area contributed by atoms with E-state index < -0.39 is 5.97 Å². The predicted octanol–water partition coefficient (Wildman–Crippen LogP) is 2.95. The molecule has 0 saturated carbocycles. The number of aromatic nitrogens is 3. The Morgan fingerprint density at radius 2 is 2.03 bits per heavy atom. The Labute approximate surface area is 167 Å². The number of rotatable bonds is 5. The summed E-state index contributed by atoms with van der Waals surface area (Å²) in [5, 5.41) is 17.3. The number of aliphatic carboxylic acids is 1. The Balaban J connectivity index is 1.59. The molecule has 0 aliphatic carbocycles. The highest BCUT2D eigenvalue weighted by atomic mass is 16.5. The van der Waals surface area contributed by atoms with Crippen LogP contribution in [-0.2, 0) is 11.3 Å². The molecule has 1 saturated heterocycles. The van der Waals surface area contributed by atoms with Crippen molar-refractivity contribution in [3.63, 3.8) is 0 Å². The van der Waals surface area contributed by atoms with Crippen LogP contribution in [0.5, 0.6) is 0 Å². The standard InChI is InChI=1S/C21H22N4O4/c1-14-19(20(23-29-14)15-6-3-2-4-7-15)21(28)24-11-5-8-16(12-24)17-9-10-22-25(17)13-18(26)27/h2-4,6-7,9-10,16H,5,8,11-13H2,1H3,(H,26,27). The topological polar surface area (TPSA) is 101 Å². The zero-order valence-corrected chi connectivity index (χ0v) is 16.1. The van der Waals surface area contributed by atoms with Crippen LogP contribution in [0, 0.1) is 6.92 Å². The zero-order valence-electron chi connectivity index (χ0n) is 16.1. The van der Waals surface area contributed by atoms with Crippen molar-refractivity contribution >= 4 is 11.9 Å². The van der Waals surface area contributed by atoms with Crippen LogP contribution < -0.4 is 0 Å². The summed E-state index contributed by atoms with van der Waals surface area (Å²) in [4.78, 5) is 26.3. The molecule has 0 bridgehead atoms. The highest BCUT2D eigenvalue weighted by molar-refractivity contribution is 6.00. The van der Waals surface area contributed by atoms with Gasteiger partial charge in [0.15, 0.2) is 0 Å². The first-order valence-electron chi connectivity index (χ1n) is 9.59. The third-order valence-electron chi connectivity index (χ3n) is 5.29. The van der Waals surface area contributed by atoms with Crippen LogP contribution in [0.2, 0.25) is 0 Å². The second kappa shape index (κ2) is 7.90. The van der Waals surface area contributed by atoms with Gasteiger partial charge in [0, 0.05) is 36.5 Å². The number of carbonyl (C=O) groups is 2. The van der Waals surface area contributed by atoms with Gasteiger partial charge in [-0.15, -0.1) is 0 Å². The first-order chi connectivity index (χ1) is 14.0. The van der Waals surface area contributed by atoms with Gasteiger partial charge in [-0.2, -0.15) is 5.10 Å². The summed E-state index contributed by atoms with van der Waals surface area (Å²) < 4.78 is 6.85. The lowest BCUT2D eigenvalue weighted by atomic mass is 9.93. The largest absolute Gasteiger partial charge is 0.480 e. The second-order valence-electron chi connectivity index (χ2n) is 7.23. The molecular formula is C21H22N4O4. The summed E-state index contributed by atoms with van der Waals surface area (Å²) in [5.41, 5.74) is 2.71. The molecule has 0 radical (unpaired) electrons. The minimum absolute atomic E-state index is 0.0369. The van der Waals surface area contributed by atoms with E-state index >= 15 is 0 Å². The molecule has 1 aliphatic heterocycles. The van der Waals surface area contributed by atoms with Crippen LogP contribution in [0.25, 0.3) is 11.3 Å². The van der Waals surface area contributed by atoms with Gasteiger partial charge >= 0.3 is 5.97 Å². The Bertz CT molecular complexity index is 1020. The molecule has 4 rings (SSSR count). The third kappa shape index (κ3) is 3.78. The molecular weight excluding hydrogens is 372 g/mol. The van der Waals surface area contributed by atoms with Gasteiger partial charge in [0.25, 0.3) is 5.91 Å². The predicted molar refractivity (Wildman–Crippen MR) is 104 cm³/mol. The van der Waals surface area contributed by atoms with Crippen molar-refractivity contribution in [3.05, 3.63) is 59.6 Å². The molecule has 3 heterocycles. The van der Waals surface area contributed by atoms with Gasteiger partial charge in [-0.3, -0.25) is 14.3 Å². The summed E-state index contributed by atoms with van der Waals surface area (Å²) in [7, 11) is 0. The maximum absolute atomic E-state index is 13.4. The van der Waals surface area contributed by atoms with Crippen LogP contribution in [0.4, 0.5) is 0 Å². The summed E-state index contributed by atoms with van der Waals surface area (Å²) in [6.45, 7) is 2.70. The molecule has 2 aromatic heterocycles. The fraction of sp³-hybridized carbons (Fsp3) is 0.333. The van der Waals surface area contributed by atoms with E-state index in [0.717, 1.165) is 24.1 Å².